The second-order valence-corrected chi connectivity index (χ2v) is 9.05. The van der Waals surface area contributed by atoms with E-state index in [-0.39, 0.29) is 11.6 Å². The predicted molar refractivity (Wildman–Crippen MR) is 99.8 cm³/mol. The van der Waals surface area contributed by atoms with Gasteiger partial charge in [-0.1, -0.05) is 24.3 Å². The zero-order valence-electron chi connectivity index (χ0n) is 13.0. The molecular weight excluding hydrogens is 344 g/mol. The first-order valence-electron chi connectivity index (χ1n) is 7.40. The van der Waals surface area contributed by atoms with E-state index in [1.807, 2.05) is 12.1 Å². The molecule has 3 aromatic carbocycles. The van der Waals surface area contributed by atoms with Gasteiger partial charge in [-0.05, 0) is 60.3 Å². The Morgan fingerprint density at radius 2 is 1.29 bits per heavy atom. The Bertz CT molecular complexity index is 870. The normalized spacial score (nSPS) is 13.5. The lowest BCUT2D eigenvalue weighted by Gasteiger charge is -2.20. The molecule has 0 aliphatic heterocycles. The summed E-state index contributed by atoms with van der Waals surface area (Å²) in [6.07, 6.45) is 0. The highest BCUT2D eigenvalue weighted by atomic mass is 31.2. The number of hydrogen-bond acceptors (Lipinski definition) is 1. The number of benzene rings is 3. The highest BCUT2D eigenvalue weighted by molar-refractivity contribution is 7.85. The molecule has 0 aliphatic rings. The first-order chi connectivity index (χ1) is 11.4. The smallest absolute Gasteiger partial charge is 0.171 e. The summed E-state index contributed by atoms with van der Waals surface area (Å²) in [4.78, 5) is 0. The maximum Gasteiger partial charge on any atom is 0.171 e. The van der Waals surface area contributed by atoms with Gasteiger partial charge < -0.3 is 4.57 Å². The van der Waals surface area contributed by atoms with Crippen molar-refractivity contribution in [3.8, 4) is 0 Å². The Morgan fingerprint density at radius 1 is 0.792 bits per heavy atom. The molecule has 0 radical (unpaired) electrons. The summed E-state index contributed by atoms with van der Waals surface area (Å²) in [6, 6.07) is 17.4. The van der Waals surface area contributed by atoms with Gasteiger partial charge in [-0.25, -0.2) is 8.78 Å². The molecular formula is C19H16F2OP2. The molecule has 0 aromatic heterocycles. The van der Waals surface area contributed by atoms with Crippen LogP contribution in [0.5, 0.6) is 0 Å². The van der Waals surface area contributed by atoms with Gasteiger partial charge in [0.15, 0.2) is 7.14 Å². The van der Waals surface area contributed by atoms with Crippen LogP contribution in [0.4, 0.5) is 8.78 Å². The topological polar surface area (TPSA) is 17.1 Å². The van der Waals surface area contributed by atoms with Gasteiger partial charge in [0.1, 0.15) is 11.6 Å². The fraction of sp³-hybridized carbons (Fsp3) is 0.0526. The van der Waals surface area contributed by atoms with Gasteiger partial charge in [0, 0.05) is 15.9 Å². The molecule has 0 heterocycles. The van der Waals surface area contributed by atoms with Crippen LogP contribution in [0, 0.1) is 18.6 Å². The molecule has 2 atom stereocenters. The summed E-state index contributed by atoms with van der Waals surface area (Å²) >= 11 is 0. The van der Waals surface area contributed by atoms with Gasteiger partial charge in [-0.2, -0.15) is 0 Å². The van der Waals surface area contributed by atoms with Crippen molar-refractivity contribution < 1.29 is 13.3 Å². The van der Waals surface area contributed by atoms with Crippen molar-refractivity contribution in [3.05, 3.63) is 83.9 Å². The van der Waals surface area contributed by atoms with Gasteiger partial charge in [0.2, 0.25) is 0 Å². The average Bonchev–Trinajstić information content (AvgIpc) is 2.58. The third-order valence-electron chi connectivity index (χ3n) is 3.95. The highest BCUT2D eigenvalue weighted by Crippen LogP contribution is 2.42. The fourth-order valence-electron chi connectivity index (χ4n) is 2.61. The largest absolute Gasteiger partial charge is 0.309 e. The van der Waals surface area contributed by atoms with Crippen molar-refractivity contribution in [2.45, 2.75) is 6.92 Å². The van der Waals surface area contributed by atoms with Gasteiger partial charge in [0.25, 0.3) is 0 Å². The molecule has 3 aromatic rings. The van der Waals surface area contributed by atoms with Gasteiger partial charge >= 0.3 is 0 Å². The Balaban J connectivity index is 2.27. The van der Waals surface area contributed by atoms with Crippen LogP contribution < -0.4 is 21.2 Å². The molecule has 122 valence electrons. The van der Waals surface area contributed by atoms with Crippen LogP contribution in [0.25, 0.3) is 0 Å². The lowest BCUT2D eigenvalue weighted by molar-refractivity contribution is 0.592. The summed E-state index contributed by atoms with van der Waals surface area (Å²) in [5.74, 6) is -0.731. The van der Waals surface area contributed by atoms with Crippen LogP contribution in [0.15, 0.2) is 66.7 Å². The van der Waals surface area contributed by atoms with Crippen LogP contribution in [-0.2, 0) is 4.57 Å². The number of rotatable bonds is 3. The quantitative estimate of drug-likeness (QED) is 0.655. The molecule has 0 bridgehead atoms. The molecule has 0 saturated carbocycles. The predicted octanol–water partition coefficient (Wildman–Crippen LogP) is 3.41. The number of halogens is 2. The molecule has 3 rings (SSSR count). The standard InChI is InChI=1S/C19H16F2OP2/c1-13-12-18(10-11-19(13)21)24(22,16-6-2-14(20)3-7-16)17-8-4-15(23)5-9-17/h2-12H,23H2,1H3. The van der Waals surface area contributed by atoms with Crippen molar-refractivity contribution in [2.75, 3.05) is 0 Å². The van der Waals surface area contributed by atoms with Gasteiger partial charge in [0.05, 0.1) is 0 Å². The first kappa shape index (κ1) is 17.0. The monoisotopic (exact) mass is 360 g/mol. The average molecular weight is 360 g/mol. The molecule has 0 aliphatic carbocycles. The molecule has 5 heteroatoms. The minimum absolute atomic E-state index is 0.343. The lowest BCUT2D eigenvalue weighted by atomic mass is 10.2. The molecule has 1 nitrogen and oxygen atoms in total. The second-order valence-electron chi connectivity index (χ2n) is 5.61. The Labute approximate surface area is 142 Å². The number of hydrogen-bond donors (Lipinski definition) is 0. The van der Waals surface area contributed by atoms with Crippen LogP contribution in [0.3, 0.4) is 0 Å². The van der Waals surface area contributed by atoms with E-state index >= 15 is 0 Å². The maximum atomic E-state index is 14.1. The van der Waals surface area contributed by atoms with Crippen LogP contribution >= 0.6 is 16.4 Å². The summed E-state index contributed by atoms with van der Waals surface area (Å²) in [6.45, 7) is 1.64. The van der Waals surface area contributed by atoms with Crippen LogP contribution in [-0.4, -0.2) is 0 Å². The third-order valence-corrected chi connectivity index (χ3v) is 7.39. The number of aryl methyl sites for hydroxylation is 1. The molecule has 0 fully saturated rings. The summed E-state index contributed by atoms with van der Waals surface area (Å²) in [5.41, 5.74) is 0.428. The van der Waals surface area contributed by atoms with E-state index in [9.17, 15) is 13.3 Å². The van der Waals surface area contributed by atoms with Crippen molar-refractivity contribution >= 4 is 37.6 Å². The van der Waals surface area contributed by atoms with Crippen molar-refractivity contribution in [2.24, 2.45) is 0 Å². The van der Waals surface area contributed by atoms with Crippen molar-refractivity contribution in [1.29, 1.82) is 0 Å². The van der Waals surface area contributed by atoms with E-state index in [0.29, 0.717) is 21.5 Å². The Morgan fingerprint density at radius 3 is 1.83 bits per heavy atom. The van der Waals surface area contributed by atoms with Crippen molar-refractivity contribution in [1.82, 2.24) is 0 Å². The molecule has 0 N–H and O–H groups in total. The van der Waals surface area contributed by atoms with Gasteiger partial charge in [-0.3, -0.25) is 0 Å². The summed E-state index contributed by atoms with van der Waals surface area (Å²) in [5, 5.41) is 2.65. The minimum Gasteiger partial charge on any atom is -0.309 e. The highest BCUT2D eigenvalue weighted by Gasteiger charge is 2.30. The van der Waals surface area contributed by atoms with Gasteiger partial charge in [-0.15, -0.1) is 9.24 Å². The SMILES string of the molecule is Cc1cc(P(=O)(c2ccc(F)cc2)c2ccc(P)cc2)ccc1F. The van der Waals surface area contributed by atoms with E-state index in [4.69, 9.17) is 0 Å². The molecule has 0 saturated heterocycles. The molecule has 2 unspecified atom stereocenters. The van der Waals surface area contributed by atoms with E-state index in [1.54, 1.807) is 31.2 Å². The van der Waals surface area contributed by atoms with E-state index in [1.165, 1.54) is 30.3 Å². The van der Waals surface area contributed by atoms with E-state index in [2.05, 4.69) is 9.24 Å². The lowest BCUT2D eigenvalue weighted by Crippen LogP contribution is -2.26. The fourth-order valence-corrected chi connectivity index (χ4v) is 5.49. The maximum absolute atomic E-state index is 14.1. The molecule has 0 spiro atoms. The first-order valence-corrected chi connectivity index (χ1v) is 9.68. The minimum atomic E-state index is -3.21. The molecule has 24 heavy (non-hydrogen) atoms. The van der Waals surface area contributed by atoms with E-state index in [0.717, 1.165) is 5.30 Å². The Kier molecular flexibility index (Phi) is 4.67. The third kappa shape index (κ3) is 3.07. The molecule has 0 amide bonds. The zero-order valence-corrected chi connectivity index (χ0v) is 15.1. The second kappa shape index (κ2) is 6.59. The van der Waals surface area contributed by atoms with Crippen molar-refractivity contribution in [3.63, 3.8) is 0 Å². The van der Waals surface area contributed by atoms with Crippen LogP contribution in [0.2, 0.25) is 0 Å². The van der Waals surface area contributed by atoms with Crippen LogP contribution in [0.1, 0.15) is 5.56 Å². The van der Waals surface area contributed by atoms with E-state index < -0.39 is 7.14 Å². The summed E-state index contributed by atoms with van der Waals surface area (Å²) < 4.78 is 41.0. The zero-order chi connectivity index (χ0) is 17.3. The Hall–Kier alpha value is -1.82. The summed E-state index contributed by atoms with van der Waals surface area (Å²) in [7, 11) is -0.624.